The quantitative estimate of drug-likeness (QED) is 0.145. The van der Waals surface area contributed by atoms with Crippen molar-refractivity contribution in [1.29, 1.82) is 0 Å². The van der Waals surface area contributed by atoms with Gasteiger partial charge in [-0.2, -0.15) is 0 Å². The summed E-state index contributed by atoms with van der Waals surface area (Å²) in [5.74, 6) is 0.155. The van der Waals surface area contributed by atoms with Gasteiger partial charge in [0.15, 0.2) is 6.17 Å². The van der Waals surface area contributed by atoms with Crippen LogP contribution in [-0.2, 0) is 17.6 Å². The lowest BCUT2D eigenvalue weighted by Crippen LogP contribution is -2.36. The maximum atomic E-state index is 14.3. The van der Waals surface area contributed by atoms with Gasteiger partial charge in [-0.05, 0) is 105 Å². The molecule has 0 radical (unpaired) electrons. The van der Waals surface area contributed by atoms with Crippen LogP contribution in [0, 0.1) is 0 Å². The second-order valence-corrected chi connectivity index (χ2v) is 15.4. The predicted octanol–water partition coefficient (Wildman–Crippen LogP) is 8.59. The molecule has 2 heterocycles. The lowest BCUT2D eigenvalue weighted by molar-refractivity contribution is -0.135. The first-order valence-corrected chi connectivity index (χ1v) is 18.8. The first-order chi connectivity index (χ1) is 23.8. The second-order valence-electron chi connectivity index (χ2n) is 12.7. The zero-order valence-corrected chi connectivity index (χ0v) is 29.4. The van der Waals surface area contributed by atoms with Crippen LogP contribution >= 0.6 is 23.5 Å². The van der Waals surface area contributed by atoms with E-state index in [1.165, 1.54) is 10.5 Å². The van der Waals surface area contributed by atoms with Crippen LogP contribution in [0.1, 0.15) is 36.8 Å². The number of benzene rings is 4. The van der Waals surface area contributed by atoms with E-state index in [-0.39, 0.29) is 23.3 Å². The number of aromatic hydroxyl groups is 2. The molecule has 2 N–H and O–H groups in total. The van der Waals surface area contributed by atoms with E-state index in [0.717, 1.165) is 42.8 Å². The van der Waals surface area contributed by atoms with E-state index >= 15 is 0 Å². The molecular formula is C40H46F2N2O3S2. The van der Waals surface area contributed by atoms with Crippen molar-refractivity contribution in [2.24, 2.45) is 0 Å². The smallest absolute Gasteiger partial charge is 0.257 e. The molecule has 5 nitrogen and oxygen atoms in total. The van der Waals surface area contributed by atoms with Crippen molar-refractivity contribution >= 4 is 29.4 Å². The fraction of sp³-hybridized carbons (Fsp3) is 0.375. The van der Waals surface area contributed by atoms with Crippen LogP contribution in [0.5, 0.6) is 11.5 Å². The SMILES string of the molecule is O=C(C(F)CCc1ccccc1)N1CC[C@H](Sc2ccc(O)cc2)C1.Oc1ccc(S[C@H]2CCN(CC(F)CCc3ccccc3)C2)cc1. The predicted molar refractivity (Wildman–Crippen MR) is 197 cm³/mol. The minimum atomic E-state index is -1.43. The Morgan fingerprint density at radius 2 is 1.16 bits per heavy atom. The van der Waals surface area contributed by atoms with Crippen LogP contribution in [0.15, 0.2) is 119 Å². The monoisotopic (exact) mass is 704 g/mol. The van der Waals surface area contributed by atoms with E-state index < -0.39 is 12.3 Å². The highest BCUT2D eigenvalue weighted by atomic mass is 32.2. The van der Waals surface area contributed by atoms with Gasteiger partial charge in [-0.15, -0.1) is 23.5 Å². The standard InChI is InChI=1S/C20H22FNO2S.C20H24FNOS/c21-19(11-6-15-4-2-1-3-5-15)20(24)22-13-12-18(14-22)25-17-9-7-16(23)8-10-17;21-17(7-6-16-4-2-1-3-5-16)14-22-13-12-20(15-22)24-19-10-8-18(23)9-11-19/h1-5,7-10,18-19,23H,6,11-14H2;1-5,8-11,17,20,23H,6-7,12-15H2/t18-,19?;17?,20-/m00/s1. The summed E-state index contributed by atoms with van der Waals surface area (Å²) in [7, 11) is 0. The molecule has 0 aliphatic carbocycles. The van der Waals surface area contributed by atoms with E-state index in [1.807, 2.05) is 84.6 Å². The van der Waals surface area contributed by atoms with Crippen LogP contribution in [0.4, 0.5) is 8.78 Å². The van der Waals surface area contributed by atoms with Crippen molar-refractivity contribution in [3.05, 3.63) is 120 Å². The van der Waals surface area contributed by atoms with E-state index in [1.54, 1.807) is 40.9 Å². The Kier molecular flexibility index (Phi) is 14.3. The summed E-state index contributed by atoms with van der Waals surface area (Å²) in [6.07, 6.45) is 1.97. The van der Waals surface area contributed by atoms with Crippen molar-refractivity contribution in [3.63, 3.8) is 0 Å². The molecule has 49 heavy (non-hydrogen) atoms. The number of rotatable bonds is 13. The average Bonchev–Trinajstić information content (AvgIpc) is 3.78. The number of amides is 1. The van der Waals surface area contributed by atoms with Gasteiger partial charge in [-0.3, -0.25) is 9.69 Å². The Balaban J connectivity index is 0.000000191. The van der Waals surface area contributed by atoms with Crippen molar-refractivity contribution < 1.29 is 23.8 Å². The molecule has 2 fully saturated rings. The van der Waals surface area contributed by atoms with E-state index in [9.17, 15) is 23.8 Å². The number of thioether (sulfide) groups is 2. The molecule has 4 aromatic rings. The Labute approximate surface area is 297 Å². The number of aryl methyl sites for hydroxylation is 2. The van der Waals surface area contributed by atoms with Crippen LogP contribution in [0.3, 0.4) is 0 Å². The number of phenolic OH excluding ortho intramolecular Hbond substituents is 2. The van der Waals surface area contributed by atoms with Crippen LogP contribution in [0.2, 0.25) is 0 Å². The molecule has 2 saturated heterocycles. The number of alkyl halides is 2. The number of hydrogen-bond donors (Lipinski definition) is 2. The molecule has 4 atom stereocenters. The summed E-state index contributed by atoms with van der Waals surface area (Å²) >= 11 is 3.50. The normalized spacial score (nSPS) is 18.9. The molecule has 4 aromatic carbocycles. The van der Waals surface area contributed by atoms with E-state index in [2.05, 4.69) is 17.0 Å². The molecule has 9 heteroatoms. The van der Waals surface area contributed by atoms with Crippen LogP contribution in [0.25, 0.3) is 0 Å². The topological polar surface area (TPSA) is 64.0 Å². The summed E-state index contributed by atoms with van der Waals surface area (Å²) in [6, 6.07) is 34.2. The third kappa shape index (κ3) is 12.4. The number of carbonyl (C=O) groups excluding carboxylic acids is 1. The summed E-state index contributed by atoms with van der Waals surface area (Å²) in [5, 5.41) is 19.4. The molecular weight excluding hydrogens is 659 g/mol. The van der Waals surface area contributed by atoms with Gasteiger partial charge in [-0.1, -0.05) is 60.7 Å². The molecule has 0 spiro atoms. The zero-order chi connectivity index (χ0) is 34.4. The number of likely N-dealkylation sites (tertiary alicyclic amines) is 2. The highest BCUT2D eigenvalue weighted by molar-refractivity contribution is 8.00. The van der Waals surface area contributed by atoms with Gasteiger partial charge in [0.05, 0.1) is 0 Å². The molecule has 2 aliphatic rings. The number of carbonyl (C=O) groups is 1. The van der Waals surface area contributed by atoms with Crippen LogP contribution in [-0.4, -0.2) is 81.5 Å². The molecule has 6 rings (SSSR count). The fourth-order valence-electron chi connectivity index (χ4n) is 6.12. The van der Waals surface area contributed by atoms with Crippen molar-refractivity contribution in [2.75, 3.05) is 32.7 Å². The third-order valence-electron chi connectivity index (χ3n) is 8.81. The molecule has 2 aliphatic heterocycles. The minimum Gasteiger partial charge on any atom is -0.508 e. The maximum absolute atomic E-state index is 14.3. The minimum absolute atomic E-state index is 0.231. The third-order valence-corrected chi connectivity index (χ3v) is 11.3. The lowest BCUT2D eigenvalue weighted by Gasteiger charge is -2.19. The summed E-state index contributed by atoms with van der Waals surface area (Å²) in [5.41, 5.74) is 2.27. The van der Waals surface area contributed by atoms with E-state index in [0.29, 0.717) is 43.5 Å². The zero-order valence-electron chi connectivity index (χ0n) is 27.7. The molecule has 260 valence electrons. The largest absolute Gasteiger partial charge is 0.508 e. The van der Waals surface area contributed by atoms with Crippen molar-refractivity contribution in [3.8, 4) is 11.5 Å². The summed E-state index contributed by atoms with van der Waals surface area (Å²) < 4.78 is 28.6. The van der Waals surface area contributed by atoms with Crippen molar-refractivity contribution in [1.82, 2.24) is 9.80 Å². The molecule has 0 saturated carbocycles. The maximum Gasteiger partial charge on any atom is 0.257 e. The van der Waals surface area contributed by atoms with Gasteiger partial charge >= 0.3 is 0 Å². The van der Waals surface area contributed by atoms with Gasteiger partial charge in [0.25, 0.3) is 5.91 Å². The van der Waals surface area contributed by atoms with E-state index in [4.69, 9.17) is 0 Å². The van der Waals surface area contributed by atoms with Gasteiger partial charge in [-0.25, -0.2) is 8.78 Å². The fourth-order valence-corrected chi connectivity index (χ4v) is 8.46. The number of phenols is 2. The first-order valence-electron chi connectivity index (χ1n) is 17.1. The lowest BCUT2D eigenvalue weighted by atomic mass is 10.1. The number of hydrogen-bond acceptors (Lipinski definition) is 6. The van der Waals surface area contributed by atoms with Gasteiger partial charge in [0.1, 0.15) is 17.7 Å². The Hall–Kier alpha value is -3.53. The van der Waals surface area contributed by atoms with Crippen LogP contribution < -0.4 is 0 Å². The number of nitrogens with zero attached hydrogens (tertiary/aromatic N) is 2. The number of halogens is 2. The Bertz CT molecular complexity index is 1550. The molecule has 0 aromatic heterocycles. The second kappa shape index (κ2) is 19.0. The highest BCUT2D eigenvalue weighted by Crippen LogP contribution is 2.32. The van der Waals surface area contributed by atoms with Crippen molar-refractivity contribution in [2.45, 2.75) is 71.2 Å². The van der Waals surface area contributed by atoms with Gasteiger partial charge < -0.3 is 15.1 Å². The Morgan fingerprint density at radius 3 is 1.71 bits per heavy atom. The van der Waals surface area contributed by atoms with Gasteiger partial charge in [0, 0.05) is 46.5 Å². The summed E-state index contributed by atoms with van der Waals surface area (Å²) in [4.78, 5) is 18.4. The Morgan fingerprint density at radius 1 is 0.673 bits per heavy atom. The average molecular weight is 705 g/mol. The van der Waals surface area contributed by atoms with Gasteiger partial charge in [0.2, 0.25) is 0 Å². The molecule has 2 unspecified atom stereocenters. The first kappa shape index (κ1) is 36.7. The highest BCUT2D eigenvalue weighted by Gasteiger charge is 2.31. The molecule has 1 amide bonds. The molecule has 0 bridgehead atoms. The summed E-state index contributed by atoms with van der Waals surface area (Å²) in [6.45, 7) is 3.65.